The number of methoxy groups -OCH3 is 2. The number of aromatic nitrogens is 1. The topological polar surface area (TPSA) is 97.8 Å². The van der Waals surface area contributed by atoms with Crippen LogP contribution in [0.3, 0.4) is 0 Å². The fourth-order valence-corrected chi connectivity index (χ4v) is 2.47. The lowest BCUT2D eigenvalue weighted by Crippen LogP contribution is -2.50. The standard InChI is InChI=1S/C12H18N2O5S/c1-12(7-19-3,4-10(15)16)14-11(17)8-6-20-9(13-8)5-18-2/h6H,4-5,7H2,1-3H3,(H,14,17)(H,15,16). The lowest BCUT2D eigenvalue weighted by Gasteiger charge is -2.28. The fraction of sp³-hybridized carbons (Fsp3) is 0.583. The number of rotatable bonds is 8. The van der Waals surface area contributed by atoms with Gasteiger partial charge in [0.25, 0.3) is 5.91 Å². The average molecular weight is 302 g/mol. The lowest BCUT2D eigenvalue weighted by atomic mass is 9.99. The van der Waals surface area contributed by atoms with Crippen molar-refractivity contribution in [2.24, 2.45) is 0 Å². The van der Waals surface area contributed by atoms with Crippen molar-refractivity contribution in [1.82, 2.24) is 10.3 Å². The highest BCUT2D eigenvalue weighted by atomic mass is 32.1. The molecule has 1 amide bonds. The molecule has 0 aliphatic carbocycles. The number of carbonyl (C=O) groups excluding carboxylic acids is 1. The maximum atomic E-state index is 12.1. The van der Waals surface area contributed by atoms with E-state index in [0.717, 1.165) is 0 Å². The normalized spacial score (nSPS) is 13.8. The quantitative estimate of drug-likeness (QED) is 0.740. The van der Waals surface area contributed by atoms with Crippen LogP contribution in [0.4, 0.5) is 0 Å². The van der Waals surface area contributed by atoms with E-state index in [-0.39, 0.29) is 18.7 Å². The Kier molecular flexibility index (Phi) is 6.05. The van der Waals surface area contributed by atoms with Crippen LogP contribution in [-0.2, 0) is 20.9 Å². The van der Waals surface area contributed by atoms with Gasteiger partial charge in [-0.3, -0.25) is 9.59 Å². The molecule has 0 saturated heterocycles. The molecule has 20 heavy (non-hydrogen) atoms. The Balaban J connectivity index is 2.76. The summed E-state index contributed by atoms with van der Waals surface area (Å²) in [7, 11) is 3.00. The van der Waals surface area contributed by atoms with Crippen molar-refractivity contribution < 1.29 is 24.2 Å². The molecule has 1 atom stereocenters. The molecule has 0 radical (unpaired) electrons. The molecule has 0 bridgehead atoms. The molecule has 0 aromatic carbocycles. The van der Waals surface area contributed by atoms with E-state index >= 15 is 0 Å². The molecule has 0 fully saturated rings. The van der Waals surface area contributed by atoms with Gasteiger partial charge in [0.2, 0.25) is 0 Å². The number of hydrogen-bond donors (Lipinski definition) is 2. The zero-order valence-corrected chi connectivity index (χ0v) is 12.5. The first-order chi connectivity index (χ1) is 9.40. The van der Waals surface area contributed by atoms with Gasteiger partial charge in [0, 0.05) is 19.6 Å². The fourth-order valence-electron chi connectivity index (χ4n) is 1.73. The van der Waals surface area contributed by atoms with Gasteiger partial charge in [-0.15, -0.1) is 11.3 Å². The molecule has 0 aliphatic rings. The Bertz CT molecular complexity index is 476. The number of amides is 1. The van der Waals surface area contributed by atoms with Gasteiger partial charge >= 0.3 is 5.97 Å². The van der Waals surface area contributed by atoms with E-state index in [0.29, 0.717) is 11.6 Å². The number of aliphatic carboxylic acids is 1. The zero-order chi connectivity index (χ0) is 15.2. The highest BCUT2D eigenvalue weighted by Gasteiger charge is 2.30. The lowest BCUT2D eigenvalue weighted by molar-refractivity contribution is -0.139. The molecule has 1 aromatic rings. The molecule has 1 unspecified atom stereocenters. The molecule has 1 heterocycles. The Morgan fingerprint density at radius 2 is 2.15 bits per heavy atom. The average Bonchev–Trinajstić information content (AvgIpc) is 2.76. The zero-order valence-electron chi connectivity index (χ0n) is 11.6. The van der Waals surface area contributed by atoms with E-state index in [4.69, 9.17) is 14.6 Å². The van der Waals surface area contributed by atoms with Crippen LogP contribution in [0.5, 0.6) is 0 Å². The molecule has 0 spiro atoms. The van der Waals surface area contributed by atoms with Gasteiger partial charge in [-0.25, -0.2) is 4.98 Å². The minimum atomic E-state index is -1.01. The van der Waals surface area contributed by atoms with Crippen LogP contribution >= 0.6 is 11.3 Å². The van der Waals surface area contributed by atoms with Crippen molar-refractivity contribution in [3.05, 3.63) is 16.1 Å². The Labute approximate surface area is 120 Å². The number of carboxylic acids is 1. The summed E-state index contributed by atoms with van der Waals surface area (Å²) in [4.78, 5) is 27.1. The van der Waals surface area contributed by atoms with Crippen LogP contribution in [-0.4, -0.2) is 48.3 Å². The third-order valence-corrected chi connectivity index (χ3v) is 3.29. The van der Waals surface area contributed by atoms with Gasteiger partial charge in [0.05, 0.1) is 25.2 Å². The number of nitrogens with one attached hydrogen (secondary N) is 1. The van der Waals surface area contributed by atoms with Crippen molar-refractivity contribution in [2.75, 3.05) is 20.8 Å². The summed E-state index contributed by atoms with van der Waals surface area (Å²) < 4.78 is 9.90. The van der Waals surface area contributed by atoms with Gasteiger partial charge in [0.15, 0.2) is 0 Å². The predicted molar refractivity (Wildman–Crippen MR) is 72.8 cm³/mol. The monoisotopic (exact) mass is 302 g/mol. The van der Waals surface area contributed by atoms with E-state index in [1.807, 2.05) is 0 Å². The van der Waals surface area contributed by atoms with Gasteiger partial charge in [-0.2, -0.15) is 0 Å². The summed E-state index contributed by atoms with van der Waals surface area (Å²) in [6, 6.07) is 0. The summed E-state index contributed by atoms with van der Waals surface area (Å²) in [5, 5.41) is 13.8. The molecule has 1 aromatic heterocycles. The second-order valence-electron chi connectivity index (χ2n) is 4.58. The highest BCUT2D eigenvalue weighted by molar-refractivity contribution is 7.09. The van der Waals surface area contributed by atoms with Crippen LogP contribution in [0, 0.1) is 0 Å². The van der Waals surface area contributed by atoms with Crippen LogP contribution < -0.4 is 5.32 Å². The molecule has 8 heteroatoms. The van der Waals surface area contributed by atoms with E-state index < -0.39 is 17.4 Å². The number of carbonyl (C=O) groups is 2. The maximum Gasteiger partial charge on any atom is 0.305 e. The van der Waals surface area contributed by atoms with Crippen molar-refractivity contribution in [2.45, 2.75) is 25.5 Å². The summed E-state index contributed by atoms with van der Waals surface area (Å²) >= 11 is 1.31. The first kappa shape index (κ1) is 16.5. The Hall–Kier alpha value is -1.51. The first-order valence-corrected chi connectivity index (χ1v) is 6.75. The summed E-state index contributed by atoms with van der Waals surface area (Å²) in [6.07, 6.45) is -0.234. The number of thiazole rings is 1. The molecule has 0 saturated carbocycles. The maximum absolute atomic E-state index is 12.1. The summed E-state index contributed by atoms with van der Waals surface area (Å²) in [6.45, 7) is 2.05. The summed E-state index contributed by atoms with van der Waals surface area (Å²) in [5.41, 5.74) is -0.738. The van der Waals surface area contributed by atoms with E-state index in [2.05, 4.69) is 10.3 Å². The van der Waals surface area contributed by atoms with E-state index in [1.54, 1.807) is 19.4 Å². The number of hydrogen-bond acceptors (Lipinski definition) is 6. The van der Waals surface area contributed by atoms with Gasteiger partial charge in [0.1, 0.15) is 10.7 Å². The van der Waals surface area contributed by atoms with Crippen LogP contribution in [0.15, 0.2) is 5.38 Å². The second kappa shape index (κ2) is 7.32. The van der Waals surface area contributed by atoms with Crippen LogP contribution in [0.1, 0.15) is 28.8 Å². The third kappa shape index (κ3) is 4.87. The van der Waals surface area contributed by atoms with Crippen molar-refractivity contribution >= 4 is 23.2 Å². The largest absolute Gasteiger partial charge is 0.481 e. The first-order valence-electron chi connectivity index (χ1n) is 5.87. The van der Waals surface area contributed by atoms with Crippen molar-refractivity contribution in [3.63, 3.8) is 0 Å². The van der Waals surface area contributed by atoms with Gasteiger partial charge in [-0.1, -0.05) is 0 Å². The SMILES string of the molecule is COCc1nc(C(=O)NC(C)(COC)CC(=O)O)cs1. The number of nitrogens with zero attached hydrogens (tertiary/aromatic N) is 1. The molecule has 1 rings (SSSR count). The molecular weight excluding hydrogens is 284 g/mol. The summed E-state index contributed by atoms with van der Waals surface area (Å²) in [5.74, 6) is -1.44. The minimum absolute atomic E-state index is 0.0973. The second-order valence-corrected chi connectivity index (χ2v) is 5.52. The van der Waals surface area contributed by atoms with Crippen molar-refractivity contribution in [3.8, 4) is 0 Å². The smallest absolute Gasteiger partial charge is 0.305 e. The van der Waals surface area contributed by atoms with Gasteiger partial charge in [-0.05, 0) is 6.92 Å². The molecule has 7 nitrogen and oxygen atoms in total. The van der Waals surface area contributed by atoms with Crippen LogP contribution in [0.25, 0.3) is 0 Å². The number of carboxylic acid groups (broad SMARTS) is 1. The predicted octanol–water partition coefficient (Wildman–Crippen LogP) is 0.899. The van der Waals surface area contributed by atoms with Crippen molar-refractivity contribution in [1.29, 1.82) is 0 Å². The molecule has 2 N–H and O–H groups in total. The molecule has 0 aliphatic heterocycles. The third-order valence-electron chi connectivity index (χ3n) is 2.47. The van der Waals surface area contributed by atoms with Crippen LogP contribution in [0.2, 0.25) is 0 Å². The Morgan fingerprint density at radius 3 is 2.70 bits per heavy atom. The highest BCUT2D eigenvalue weighted by Crippen LogP contribution is 2.14. The molecular formula is C12H18N2O5S. The number of ether oxygens (including phenoxy) is 2. The molecule has 112 valence electrons. The Morgan fingerprint density at radius 1 is 1.45 bits per heavy atom. The minimum Gasteiger partial charge on any atom is -0.481 e. The van der Waals surface area contributed by atoms with E-state index in [1.165, 1.54) is 18.4 Å². The van der Waals surface area contributed by atoms with Gasteiger partial charge < -0.3 is 19.9 Å². The van der Waals surface area contributed by atoms with E-state index in [9.17, 15) is 9.59 Å².